The number of hydrogen-bond donors (Lipinski definition) is 1. The van der Waals surface area contributed by atoms with Gasteiger partial charge < -0.3 is 4.74 Å². The second kappa shape index (κ2) is 6.69. The van der Waals surface area contributed by atoms with Gasteiger partial charge in [-0.3, -0.25) is 0 Å². The molecule has 1 saturated heterocycles. The molecule has 22 heavy (non-hydrogen) atoms. The Morgan fingerprint density at radius 2 is 1.68 bits per heavy atom. The summed E-state index contributed by atoms with van der Waals surface area (Å²) in [5.41, 5.74) is 1.15. The molecule has 0 aliphatic carbocycles. The highest BCUT2D eigenvalue weighted by Gasteiger charge is 2.25. The summed E-state index contributed by atoms with van der Waals surface area (Å²) < 4.78 is 33.2. The average Bonchev–Trinajstić information content (AvgIpc) is 2.47. The molecule has 0 spiro atoms. The minimum atomic E-state index is -3.46. The van der Waals surface area contributed by atoms with Gasteiger partial charge in [-0.15, -0.1) is 0 Å². The third-order valence-corrected chi connectivity index (χ3v) is 5.92. The molecule has 5 heteroatoms. The van der Waals surface area contributed by atoms with Gasteiger partial charge in [0, 0.05) is 19.3 Å². The standard InChI is InChI=1S/C17H27NO3S/c1-13(14-9-11-21-12-10-14)18-22(19,20)16-7-5-15(6-8-16)17(2,3)4/h5-8,13-14,18H,9-12H2,1-4H3. The molecule has 1 aliphatic rings. The number of ether oxygens (including phenoxy) is 1. The van der Waals surface area contributed by atoms with Crippen LogP contribution in [0.1, 0.15) is 46.1 Å². The normalized spacial score (nSPS) is 19.1. The number of rotatable bonds is 4. The molecule has 1 aromatic carbocycles. The molecule has 1 fully saturated rings. The van der Waals surface area contributed by atoms with Crippen molar-refractivity contribution in [2.75, 3.05) is 13.2 Å². The highest BCUT2D eigenvalue weighted by molar-refractivity contribution is 7.89. The second-order valence-corrected chi connectivity index (χ2v) is 8.85. The molecule has 1 aromatic rings. The van der Waals surface area contributed by atoms with Crippen LogP contribution < -0.4 is 4.72 Å². The van der Waals surface area contributed by atoms with Crippen LogP contribution in [0.3, 0.4) is 0 Å². The Kier molecular flexibility index (Phi) is 5.30. The van der Waals surface area contributed by atoms with E-state index in [0.29, 0.717) is 10.8 Å². The zero-order chi connectivity index (χ0) is 16.4. The van der Waals surface area contributed by atoms with Gasteiger partial charge in [0.05, 0.1) is 4.90 Å². The summed E-state index contributed by atoms with van der Waals surface area (Å²) in [5.74, 6) is 0.345. The Labute approximate surface area is 134 Å². The lowest BCUT2D eigenvalue weighted by Gasteiger charge is -2.28. The monoisotopic (exact) mass is 325 g/mol. The minimum absolute atomic E-state index is 0.0190. The van der Waals surface area contributed by atoms with Crippen molar-refractivity contribution in [2.45, 2.75) is 56.9 Å². The highest BCUT2D eigenvalue weighted by atomic mass is 32.2. The van der Waals surface area contributed by atoms with Crippen molar-refractivity contribution < 1.29 is 13.2 Å². The van der Waals surface area contributed by atoms with E-state index in [4.69, 9.17) is 4.74 Å². The summed E-state index contributed by atoms with van der Waals surface area (Å²) in [6.07, 6.45) is 1.82. The maximum atomic E-state index is 12.5. The zero-order valence-corrected chi connectivity index (χ0v) is 14.7. The predicted molar refractivity (Wildman–Crippen MR) is 88.5 cm³/mol. The summed E-state index contributed by atoms with van der Waals surface area (Å²) in [5, 5.41) is 0. The van der Waals surface area contributed by atoms with Crippen LogP contribution in [-0.2, 0) is 20.2 Å². The Balaban J connectivity index is 2.09. The van der Waals surface area contributed by atoms with Crippen LogP contribution in [0, 0.1) is 5.92 Å². The molecule has 1 aliphatic heterocycles. The lowest BCUT2D eigenvalue weighted by molar-refractivity contribution is 0.0585. The molecule has 0 radical (unpaired) electrons. The molecule has 1 heterocycles. The fourth-order valence-corrected chi connectivity index (χ4v) is 4.07. The molecule has 0 aromatic heterocycles. The Morgan fingerprint density at radius 3 is 2.18 bits per heavy atom. The summed E-state index contributed by atoms with van der Waals surface area (Å²) in [4.78, 5) is 0.333. The maximum Gasteiger partial charge on any atom is 0.240 e. The summed E-state index contributed by atoms with van der Waals surface area (Å²) >= 11 is 0. The predicted octanol–water partition coefficient (Wildman–Crippen LogP) is 3.08. The molecule has 0 bridgehead atoms. The Hall–Kier alpha value is -0.910. The summed E-state index contributed by atoms with van der Waals surface area (Å²) in [7, 11) is -3.46. The largest absolute Gasteiger partial charge is 0.381 e. The number of sulfonamides is 1. The van der Waals surface area contributed by atoms with Gasteiger partial charge in [0.1, 0.15) is 0 Å². The summed E-state index contributed by atoms with van der Waals surface area (Å²) in [6, 6.07) is 7.11. The molecule has 124 valence electrons. The van der Waals surface area contributed by atoms with E-state index in [-0.39, 0.29) is 11.5 Å². The fourth-order valence-electron chi connectivity index (χ4n) is 2.76. The van der Waals surface area contributed by atoms with E-state index in [1.807, 2.05) is 19.1 Å². The van der Waals surface area contributed by atoms with Crippen molar-refractivity contribution >= 4 is 10.0 Å². The van der Waals surface area contributed by atoms with Crippen molar-refractivity contribution in [3.8, 4) is 0 Å². The molecular weight excluding hydrogens is 298 g/mol. The molecule has 2 rings (SSSR count). The van der Waals surface area contributed by atoms with E-state index in [2.05, 4.69) is 25.5 Å². The van der Waals surface area contributed by atoms with Crippen molar-refractivity contribution in [1.29, 1.82) is 0 Å². The van der Waals surface area contributed by atoms with E-state index >= 15 is 0 Å². The van der Waals surface area contributed by atoms with Gasteiger partial charge in [-0.05, 0) is 48.8 Å². The van der Waals surface area contributed by atoms with Gasteiger partial charge in [0.25, 0.3) is 0 Å². The van der Waals surface area contributed by atoms with Crippen LogP contribution in [-0.4, -0.2) is 27.7 Å². The topological polar surface area (TPSA) is 55.4 Å². The molecule has 0 saturated carbocycles. The highest BCUT2D eigenvalue weighted by Crippen LogP contribution is 2.24. The first-order valence-electron chi connectivity index (χ1n) is 7.91. The van der Waals surface area contributed by atoms with E-state index < -0.39 is 10.0 Å². The summed E-state index contributed by atoms with van der Waals surface area (Å²) in [6.45, 7) is 9.72. The number of nitrogens with one attached hydrogen (secondary N) is 1. The quantitative estimate of drug-likeness (QED) is 0.925. The van der Waals surface area contributed by atoms with Crippen molar-refractivity contribution in [2.24, 2.45) is 5.92 Å². The van der Waals surface area contributed by atoms with Crippen LogP contribution in [0.5, 0.6) is 0 Å². The lowest BCUT2D eigenvalue weighted by atomic mass is 9.87. The van der Waals surface area contributed by atoms with Gasteiger partial charge in [0.15, 0.2) is 0 Å². The van der Waals surface area contributed by atoms with E-state index in [1.165, 1.54) is 0 Å². The van der Waals surface area contributed by atoms with Gasteiger partial charge in [-0.1, -0.05) is 32.9 Å². The molecule has 4 nitrogen and oxygen atoms in total. The van der Waals surface area contributed by atoms with E-state index in [0.717, 1.165) is 31.6 Å². The lowest BCUT2D eigenvalue weighted by Crippen LogP contribution is -2.40. The van der Waals surface area contributed by atoms with Gasteiger partial charge in [-0.25, -0.2) is 13.1 Å². The van der Waals surface area contributed by atoms with Crippen LogP contribution in [0.2, 0.25) is 0 Å². The van der Waals surface area contributed by atoms with Crippen molar-refractivity contribution in [1.82, 2.24) is 4.72 Å². The Morgan fingerprint density at radius 1 is 1.14 bits per heavy atom. The van der Waals surface area contributed by atoms with E-state index in [1.54, 1.807) is 12.1 Å². The van der Waals surface area contributed by atoms with Crippen molar-refractivity contribution in [3.63, 3.8) is 0 Å². The van der Waals surface area contributed by atoms with Gasteiger partial charge in [0.2, 0.25) is 10.0 Å². The zero-order valence-electron chi connectivity index (χ0n) is 13.9. The third kappa shape index (κ3) is 4.31. The van der Waals surface area contributed by atoms with Gasteiger partial charge in [-0.2, -0.15) is 0 Å². The second-order valence-electron chi connectivity index (χ2n) is 7.13. The first-order chi connectivity index (χ1) is 10.2. The number of benzene rings is 1. The molecule has 0 amide bonds. The SMILES string of the molecule is CC(NS(=O)(=O)c1ccc(C(C)(C)C)cc1)C1CCOCC1. The fraction of sp³-hybridized carbons (Fsp3) is 0.647. The number of hydrogen-bond acceptors (Lipinski definition) is 3. The first-order valence-corrected chi connectivity index (χ1v) is 9.39. The maximum absolute atomic E-state index is 12.5. The van der Waals surface area contributed by atoms with Crippen LogP contribution in [0.15, 0.2) is 29.2 Å². The Bertz CT molecular complexity index is 581. The van der Waals surface area contributed by atoms with Crippen LogP contribution in [0.4, 0.5) is 0 Å². The minimum Gasteiger partial charge on any atom is -0.381 e. The van der Waals surface area contributed by atoms with E-state index in [9.17, 15) is 8.42 Å². The molecular formula is C17H27NO3S. The first kappa shape index (κ1) is 17.4. The molecule has 1 unspecified atom stereocenters. The molecule has 1 atom stereocenters. The third-order valence-electron chi connectivity index (χ3n) is 4.34. The van der Waals surface area contributed by atoms with Crippen LogP contribution in [0.25, 0.3) is 0 Å². The van der Waals surface area contributed by atoms with Crippen molar-refractivity contribution in [3.05, 3.63) is 29.8 Å². The van der Waals surface area contributed by atoms with Crippen LogP contribution >= 0.6 is 0 Å². The van der Waals surface area contributed by atoms with Gasteiger partial charge >= 0.3 is 0 Å². The molecule has 1 N–H and O–H groups in total. The average molecular weight is 325 g/mol. The smallest absolute Gasteiger partial charge is 0.240 e.